The van der Waals surface area contributed by atoms with Gasteiger partial charge in [0.2, 0.25) is 0 Å². The van der Waals surface area contributed by atoms with Crippen molar-refractivity contribution in [2.75, 3.05) is 0 Å². The summed E-state index contributed by atoms with van der Waals surface area (Å²) in [6.45, 7) is 6.04. The molecule has 2 N–H and O–H groups in total. The Labute approximate surface area is 80.3 Å². The minimum absolute atomic E-state index is 0.115. The lowest BCUT2D eigenvalue weighted by Crippen LogP contribution is -2.10. The quantitative estimate of drug-likeness (QED) is 0.532. The monoisotopic (exact) mass is 187 g/mol. The molecule has 0 fully saturated rings. The van der Waals surface area contributed by atoms with Gasteiger partial charge in [0, 0.05) is 6.04 Å². The van der Waals surface area contributed by atoms with Gasteiger partial charge < -0.3 is 5.73 Å². The predicted molar refractivity (Wildman–Crippen MR) is 56.5 cm³/mol. The van der Waals surface area contributed by atoms with Crippen molar-refractivity contribution in [1.82, 2.24) is 0 Å². The molecule has 0 amide bonds. The van der Waals surface area contributed by atoms with E-state index in [9.17, 15) is 0 Å². The van der Waals surface area contributed by atoms with Crippen molar-refractivity contribution in [3.8, 4) is 0 Å². The largest absolute Gasteiger partial charge is 0.325 e. The molecule has 0 saturated heterocycles. The lowest BCUT2D eigenvalue weighted by Gasteiger charge is -2.00. The first kappa shape index (κ1) is 11.7. The minimum atomic E-state index is 0.115. The van der Waals surface area contributed by atoms with Crippen LogP contribution in [0.5, 0.6) is 0 Å². The number of halogens is 1. The Balaban J connectivity index is 4.01. The molecule has 0 aliphatic carbocycles. The molecule has 0 bridgehead atoms. The Morgan fingerprint density at radius 1 is 1.58 bits per heavy atom. The molecule has 0 aromatic heterocycles. The average Bonchev–Trinajstić information content (AvgIpc) is 2.00. The third-order valence-corrected chi connectivity index (χ3v) is 1.93. The van der Waals surface area contributed by atoms with Crippen molar-refractivity contribution >= 4 is 11.6 Å². The van der Waals surface area contributed by atoms with Crippen LogP contribution < -0.4 is 5.73 Å². The number of nitrogens with two attached hydrogens (primary N) is 1. The lowest BCUT2D eigenvalue weighted by molar-refractivity contribution is 0.922. The molecule has 0 aliphatic rings. The van der Waals surface area contributed by atoms with Gasteiger partial charge in [0.1, 0.15) is 0 Å². The standard InChI is InChI=1S/C10H18ClN/c1-4-10(11)7-8(2)5-6-9(3)12/h5-7,9-10H,4,12H2,1-3H3/b6-5-,8-7-. The first-order valence-electron chi connectivity index (χ1n) is 4.32. The zero-order valence-electron chi connectivity index (χ0n) is 8.05. The zero-order valence-corrected chi connectivity index (χ0v) is 8.81. The number of alkyl halides is 1. The summed E-state index contributed by atoms with van der Waals surface area (Å²) in [5, 5.41) is 0.141. The van der Waals surface area contributed by atoms with Crippen LogP contribution >= 0.6 is 11.6 Å². The fourth-order valence-corrected chi connectivity index (χ4v) is 0.961. The van der Waals surface area contributed by atoms with Crippen molar-refractivity contribution in [2.45, 2.75) is 38.6 Å². The average molecular weight is 188 g/mol. The molecule has 0 aromatic carbocycles. The normalized spacial score (nSPS) is 18.2. The summed E-state index contributed by atoms with van der Waals surface area (Å²) in [5.74, 6) is 0. The molecule has 0 saturated carbocycles. The molecule has 0 rings (SSSR count). The van der Waals surface area contributed by atoms with Gasteiger partial charge in [0.25, 0.3) is 0 Å². The van der Waals surface area contributed by atoms with Gasteiger partial charge in [0.05, 0.1) is 5.38 Å². The van der Waals surface area contributed by atoms with Crippen LogP contribution in [0, 0.1) is 0 Å². The summed E-state index contributed by atoms with van der Waals surface area (Å²) >= 11 is 5.93. The van der Waals surface area contributed by atoms with Crippen LogP contribution in [-0.4, -0.2) is 11.4 Å². The second-order valence-corrected chi connectivity index (χ2v) is 3.61. The van der Waals surface area contributed by atoms with Crippen molar-refractivity contribution in [1.29, 1.82) is 0 Å². The molecule has 2 heteroatoms. The maximum Gasteiger partial charge on any atom is 0.0518 e. The summed E-state index contributed by atoms with van der Waals surface area (Å²) < 4.78 is 0. The molecule has 2 atom stereocenters. The number of allylic oxidation sites excluding steroid dienone is 3. The Kier molecular flexibility index (Phi) is 6.13. The van der Waals surface area contributed by atoms with E-state index in [0.29, 0.717) is 0 Å². The molecule has 0 aliphatic heterocycles. The fourth-order valence-electron chi connectivity index (χ4n) is 0.762. The third kappa shape index (κ3) is 6.44. The van der Waals surface area contributed by atoms with Crippen molar-refractivity contribution in [2.24, 2.45) is 5.73 Å². The van der Waals surface area contributed by atoms with E-state index < -0.39 is 0 Å². The van der Waals surface area contributed by atoms with Gasteiger partial charge in [-0.15, -0.1) is 11.6 Å². The number of hydrogen-bond acceptors (Lipinski definition) is 1. The summed E-state index contributed by atoms with van der Waals surface area (Å²) in [5.41, 5.74) is 6.73. The molecular weight excluding hydrogens is 170 g/mol. The van der Waals surface area contributed by atoms with Gasteiger partial charge in [-0.1, -0.05) is 30.7 Å². The Bertz CT molecular complexity index is 171. The maximum absolute atomic E-state index is 5.93. The van der Waals surface area contributed by atoms with Crippen LogP contribution in [0.25, 0.3) is 0 Å². The summed E-state index contributed by atoms with van der Waals surface area (Å²) in [6, 6.07) is 0.115. The number of hydrogen-bond donors (Lipinski definition) is 1. The fraction of sp³-hybridized carbons (Fsp3) is 0.600. The van der Waals surface area contributed by atoms with Crippen molar-refractivity contribution in [3.05, 3.63) is 23.8 Å². The summed E-state index contributed by atoms with van der Waals surface area (Å²) in [7, 11) is 0. The Morgan fingerprint density at radius 3 is 2.58 bits per heavy atom. The second-order valence-electron chi connectivity index (χ2n) is 3.05. The molecule has 0 heterocycles. The summed E-state index contributed by atoms with van der Waals surface area (Å²) in [4.78, 5) is 0. The molecule has 1 nitrogen and oxygen atoms in total. The minimum Gasteiger partial charge on any atom is -0.325 e. The van der Waals surface area contributed by atoms with Crippen LogP contribution in [0.15, 0.2) is 23.8 Å². The van der Waals surface area contributed by atoms with E-state index >= 15 is 0 Å². The molecule has 12 heavy (non-hydrogen) atoms. The zero-order chi connectivity index (χ0) is 9.56. The second kappa shape index (κ2) is 6.27. The highest BCUT2D eigenvalue weighted by atomic mass is 35.5. The van der Waals surface area contributed by atoms with E-state index in [2.05, 4.69) is 6.92 Å². The SMILES string of the molecule is CCC(Cl)/C=C(C)\C=C/C(C)N. The van der Waals surface area contributed by atoms with Crippen LogP contribution in [0.4, 0.5) is 0 Å². The lowest BCUT2D eigenvalue weighted by atomic mass is 10.2. The highest BCUT2D eigenvalue weighted by Gasteiger charge is 1.94. The van der Waals surface area contributed by atoms with Crippen molar-refractivity contribution in [3.63, 3.8) is 0 Å². The first-order chi connectivity index (χ1) is 5.56. The maximum atomic E-state index is 5.93. The van der Waals surface area contributed by atoms with Crippen LogP contribution in [-0.2, 0) is 0 Å². The summed E-state index contributed by atoms with van der Waals surface area (Å²) in [6.07, 6.45) is 6.98. The van der Waals surface area contributed by atoms with Crippen molar-refractivity contribution < 1.29 is 0 Å². The Morgan fingerprint density at radius 2 is 2.17 bits per heavy atom. The molecule has 2 unspecified atom stereocenters. The third-order valence-electron chi connectivity index (χ3n) is 1.50. The van der Waals surface area contributed by atoms with E-state index in [1.165, 1.54) is 5.57 Å². The molecule has 0 radical (unpaired) electrons. The Hall–Kier alpha value is -0.270. The van der Waals surface area contributed by atoms with Gasteiger partial charge in [-0.05, 0) is 20.3 Å². The molecule has 70 valence electrons. The van der Waals surface area contributed by atoms with Gasteiger partial charge in [-0.2, -0.15) is 0 Å². The van der Waals surface area contributed by atoms with Crippen LogP contribution in [0.3, 0.4) is 0 Å². The van der Waals surface area contributed by atoms with Gasteiger partial charge >= 0.3 is 0 Å². The van der Waals surface area contributed by atoms with Gasteiger partial charge in [0.15, 0.2) is 0 Å². The van der Waals surface area contributed by atoms with E-state index in [4.69, 9.17) is 17.3 Å². The topological polar surface area (TPSA) is 26.0 Å². The molecule has 0 aromatic rings. The van der Waals surface area contributed by atoms with Gasteiger partial charge in [-0.25, -0.2) is 0 Å². The van der Waals surface area contributed by atoms with Crippen LogP contribution in [0.1, 0.15) is 27.2 Å². The number of rotatable bonds is 4. The van der Waals surface area contributed by atoms with Crippen LogP contribution in [0.2, 0.25) is 0 Å². The van der Waals surface area contributed by atoms with E-state index in [1.54, 1.807) is 0 Å². The van der Waals surface area contributed by atoms with E-state index in [-0.39, 0.29) is 11.4 Å². The first-order valence-corrected chi connectivity index (χ1v) is 4.76. The highest BCUT2D eigenvalue weighted by Crippen LogP contribution is 2.07. The molecule has 0 spiro atoms. The van der Waals surface area contributed by atoms with Gasteiger partial charge in [-0.3, -0.25) is 0 Å². The smallest absolute Gasteiger partial charge is 0.0518 e. The molecular formula is C10H18ClN. The van der Waals surface area contributed by atoms with E-state index in [1.807, 2.05) is 32.1 Å². The predicted octanol–water partition coefficient (Wildman–Crippen LogP) is 2.85. The highest BCUT2D eigenvalue weighted by molar-refractivity contribution is 6.21. The van der Waals surface area contributed by atoms with E-state index in [0.717, 1.165) is 6.42 Å².